The Kier molecular flexibility index (Phi) is 7.21. The molecule has 4 nitrogen and oxygen atoms in total. The zero-order valence-electron chi connectivity index (χ0n) is 11.1. The van der Waals surface area contributed by atoms with E-state index < -0.39 is 0 Å². The van der Waals surface area contributed by atoms with Crippen LogP contribution in [-0.2, 0) is 4.79 Å². The summed E-state index contributed by atoms with van der Waals surface area (Å²) in [6.45, 7) is 6.98. The topological polar surface area (TPSA) is 58.4 Å². The second-order valence-corrected chi connectivity index (χ2v) is 5.15. The van der Waals surface area contributed by atoms with Gasteiger partial charge in [0.25, 0.3) is 0 Å². The molecular weight excluding hydrogens is 214 g/mol. The Morgan fingerprint density at radius 3 is 2.71 bits per heavy atom. The quantitative estimate of drug-likeness (QED) is 0.653. The number of nitrogens with two attached hydrogens (primary N) is 1. The zero-order valence-corrected chi connectivity index (χ0v) is 11.1. The van der Waals surface area contributed by atoms with Gasteiger partial charge in [0.15, 0.2) is 0 Å². The second-order valence-electron chi connectivity index (χ2n) is 5.15. The summed E-state index contributed by atoms with van der Waals surface area (Å²) in [6.07, 6.45) is 5.66. The Morgan fingerprint density at radius 2 is 2.06 bits per heavy atom. The fourth-order valence-corrected chi connectivity index (χ4v) is 2.19. The number of hydrogen-bond donors (Lipinski definition) is 2. The Bertz CT molecular complexity index is 215. The molecule has 0 radical (unpaired) electrons. The van der Waals surface area contributed by atoms with E-state index in [-0.39, 0.29) is 11.8 Å². The number of nitrogens with one attached hydrogen (secondary N) is 1. The lowest BCUT2D eigenvalue weighted by atomic mass is 10.1. The minimum Gasteiger partial charge on any atom is -0.356 e. The fraction of sp³-hybridized carbons (Fsp3) is 0.923. The molecule has 0 bridgehead atoms. The molecular formula is C13H27N3O. The van der Waals surface area contributed by atoms with Gasteiger partial charge in [0, 0.05) is 13.0 Å². The molecule has 1 aliphatic heterocycles. The van der Waals surface area contributed by atoms with Crippen molar-refractivity contribution < 1.29 is 4.79 Å². The third-order valence-electron chi connectivity index (χ3n) is 3.36. The van der Waals surface area contributed by atoms with E-state index >= 15 is 0 Å². The van der Waals surface area contributed by atoms with Crippen LogP contribution in [-0.4, -0.2) is 43.5 Å². The maximum absolute atomic E-state index is 11.5. The molecule has 0 aromatic rings. The first-order chi connectivity index (χ1) is 8.22. The van der Waals surface area contributed by atoms with E-state index in [9.17, 15) is 4.79 Å². The third kappa shape index (κ3) is 6.64. The molecule has 0 spiro atoms. The summed E-state index contributed by atoms with van der Waals surface area (Å²) >= 11 is 0. The predicted molar refractivity (Wildman–Crippen MR) is 70.8 cm³/mol. The summed E-state index contributed by atoms with van der Waals surface area (Å²) < 4.78 is 0. The lowest BCUT2D eigenvalue weighted by Gasteiger charge is -2.26. The van der Waals surface area contributed by atoms with Gasteiger partial charge in [-0.3, -0.25) is 4.79 Å². The Labute approximate surface area is 105 Å². The van der Waals surface area contributed by atoms with Crippen molar-refractivity contribution in [2.24, 2.45) is 11.7 Å². The van der Waals surface area contributed by atoms with Gasteiger partial charge in [-0.2, -0.15) is 0 Å². The number of likely N-dealkylation sites (tertiary alicyclic amines) is 1. The van der Waals surface area contributed by atoms with Gasteiger partial charge in [0.05, 0.1) is 0 Å². The molecule has 4 heteroatoms. The van der Waals surface area contributed by atoms with E-state index in [2.05, 4.69) is 10.2 Å². The molecule has 1 heterocycles. The lowest BCUT2D eigenvalue weighted by Crippen LogP contribution is -2.33. The standard InChI is InChI=1S/C13H27N3O/c1-12(11-14)10-13(17)15-6-5-9-16-7-3-2-4-8-16/h12H,2-11,14H2,1H3,(H,15,17). The molecule has 1 fully saturated rings. The fourth-order valence-electron chi connectivity index (χ4n) is 2.19. The minimum absolute atomic E-state index is 0.140. The maximum atomic E-state index is 11.5. The number of hydrogen-bond acceptors (Lipinski definition) is 3. The van der Waals surface area contributed by atoms with Crippen LogP contribution in [0.1, 0.15) is 39.0 Å². The number of piperidine rings is 1. The summed E-state index contributed by atoms with van der Waals surface area (Å²) in [4.78, 5) is 14.0. The predicted octanol–water partition coefficient (Wildman–Crippen LogP) is 0.964. The summed E-state index contributed by atoms with van der Waals surface area (Å²) in [6, 6.07) is 0. The van der Waals surface area contributed by atoms with Crippen LogP contribution in [0.5, 0.6) is 0 Å². The molecule has 1 saturated heterocycles. The molecule has 100 valence electrons. The normalized spacial score (nSPS) is 18.9. The van der Waals surface area contributed by atoms with E-state index in [0.717, 1.165) is 19.5 Å². The van der Waals surface area contributed by atoms with Crippen molar-refractivity contribution in [3.8, 4) is 0 Å². The number of rotatable bonds is 7. The lowest BCUT2D eigenvalue weighted by molar-refractivity contribution is -0.121. The Morgan fingerprint density at radius 1 is 1.35 bits per heavy atom. The van der Waals surface area contributed by atoms with Crippen molar-refractivity contribution in [2.45, 2.75) is 39.0 Å². The first kappa shape index (κ1) is 14.5. The van der Waals surface area contributed by atoms with Crippen molar-refractivity contribution in [2.75, 3.05) is 32.7 Å². The van der Waals surface area contributed by atoms with Gasteiger partial charge in [0.2, 0.25) is 5.91 Å². The molecule has 0 aromatic heterocycles. The minimum atomic E-state index is 0.140. The van der Waals surface area contributed by atoms with Crippen molar-refractivity contribution in [1.82, 2.24) is 10.2 Å². The maximum Gasteiger partial charge on any atom is 0.220 e. The van der Waals surface area contributed by atoms with Crippen LogP contribution in [0.3, 0.4) is 0 Å². The van der Waals surface area contributed by atoms with Gasteiger partial charge in [0.1, 0.15) is 0 Å². The molecule has 0 aliphatic carbocycles. The first-order valence-corrected chi connectivity index (χ1v) is 6.91. The average Bonchev–Trinajstić information content (AvgIpc) is 2.36. The van der Waals surface area contributed by atoms with Gasteiger partial charge in [-0.1, -0.05) is 13.3 Å². The van der Waals surface area contributed by atoms with Crippen molar-refractivity contribution in [3.05, 3.63) is 0 Å². The summed E-state index contributed by atoms with van der Waals surface area (Å²) in [5.41, 5.74) is 5.49. The number of amides is 1. The number of carbonyl (C=O) groups excluding carboxylic acids is 1. The summed E-state index contributed by atoms with van der Waals surface area (Å²) in [7, 11) is 0. The summed E-state index contributed by atoms with van der Waals surface area (Å²) in [5.74, 6) is 0.429. The van der Waals surface area contributed by atoms with E-state index in [1.807, 2.05) is 6.92 Å². The van der Waals surface area contributed by atoms with Crippen molar-refractivity contribution >= 4 is 5.91 Å². The SMILES string of the molecule is CC(CN)CC(=O)NCCCN1CCCCC1. The molecule has 1 unspecified atom stereocenters. The molecule has 1 atom stereocenters. The second kappa shape index (κ2) is 8.48. The van der Waals surface area contributed by atoms with Gasteiger partial charge >= 0.3 is 0 Å². The monoisotopic (exact) mass is 241 g/mol. The average molecular weight is 241 g/mol. The van der Waals surface area contributed by atoms with Crippen LogP contribution in [0.2, 0.25) is 0 Å². The number of carbonyl (C=O) groups is 1. The van der Waals surface area contributed by atoms with Crippen LogP contribution < -0.4 is 11.1 Å². The van der Waals surface area contributed by atoms with Crippen LogP contribution >= 0.6 is 0 Å². The molecule has 1 amide bonds. The molecule has 17 heavy (non-hydrogen) atoms. The Balaban J connectivity index is 1.97. The highest BCUT2D eigenvalue weighted by molar-refractivity contribution is 5.76. The van der Waals surface area contributed by atoms with Crippen LogP contribution in [0.4, 0.5) is 0 Å². The molecule has 0 aromatic carbocycles. The van der Waals surface area contributed by atoms with Crippen LogP contribution in [0.15, 0.2) is 0 Å². The van der Waals surface area contributed by atoms with E-state index in [4.69, 9.17) is 5.73 Å². The Hall–Kier alpha value is -0.610. The summed E-state index contributed by atoms with van der Waals surface area (Å²) in [5, 5.41) is 2.97. The molecule has 1 aliphatic rings. The van der Waals surface area contributed by atoms with Gasteiger partial charge in [-0.25, -0.2) is 0 Å². The highest BCUT2D eigenvalue weighted by Gasteiger charge is 2.10. The van der Waals surface area contributed by atoms with Crippen LogP contribution in [0, 0.1) is 5.92 Å². The molecule has 1 rings (SSSR count). The third-order valence-corrected chi connectivity index (χ3v) is 3.36. The highest BCUT2D eigenvalue weighted by Crippen LogP contribution is 2.08. The smallest absolute Gasteiger partial charge is 0.220 e. The van der Waals surface area contributed by atoms with Gasteiger partial charge in [-0.05, 0) is 51.4 Å². The van der Waals surface area contributed by atoms with E-state index in [1.54, 1.807) is 0 Å². The number of nitrogens with zero attached hydrogens (tertiary/aromatic N) is 1. The van der Waals surface area contributed by atoms with Crippen molar-refractivity contribution in [1.29, 1.82) is 0 Å². The zero-order chi connectivity index (χ0) is 12.5. The van der Waals surface area contributed by atoms with Crippen LogP contribution in [0.25, 0.3) is 0 Å². The largest absolute Gasteiger partial charge is 0.356 e. The molecule has 0 saturated carbocycles. The molecule has 3 N–H and O–H groups in total. The van der Waals surface area contributed by atoms with E-state index in [0.29, 0.717) is 13.0 Å². The van der Waals surface area contributed by atoms with E-state index in [1.165, 1.54) is 32.4 Å². The first-order valence-electron chi connectivity index (χ1n) is 6.91. The highest BCUT2D eigenvalue weighted by atomic mass is 16.1. The van der Waals surface area contributed by atoms with Gasteiger partial charge in [-0.15, -0.1) is 0 Å². The van der Waals surface area contributed by atoms with Gasteiger partial charge < -0.3 is 16.0 Å². The van der Waals surface area contributed by atoms with Crippen molar-refractivity contribution in [3.63, 3.8) is 0 Å².